The molecule has 0 atom stereocenters. The van der Waals surface area contributed by atoms with Crippen molar-refractivity contribution in [3.05, 3.63) is 46.1 Å². The largest absolute Gasteiger partial charge is 0.481 e. The average Bonchev–Trinajstić information content (AvgIpc) is 3.02. The third kappa shape index (κ3) is 3.34. The van der Waals surface area contributed by atoms with Crippen molar-refractivity contribution in [2.45, 2.75) is 32.6 Å². The first-order valence-electron chi connectivity index (χ1n) is 7.77. The Morgan fingerprint density at radius 2 is 2.17 bits per heavy atom. The molecule has 2 heterocycles. The second kappa shape index (κ2) is 6.66. The van der Waals surface area contributed by atoms with Gasteiger partial charge in [0.1, 0.15) is 0 Å². The number of aliphatic carboxylic acids is 1. The molecule has 7 heteroatoms. The van der Waals surface area contributed by atoms with Gasteiger partial charge in [0.05, 0.1) is 5.56 Å². The van der Waals surface area contributed by atoms with Gasteiger partial charge in [-0.25, -0.2) is 0 Å². The molecule has 0 aliphatic heterocycles. The van der Waals surface area contributed by atoms with E-state index < -0.39 is 5.97 Å². The normalized spacial score (nSPS) is 11.0. The second-order valence-electron chi connectivity index (χ2n) is 5.55. The van der Waals surface area contributed by atoms with Crippen LogP contribution in [0.25, 0.3) is 22.3 Å². The fourth-order valence-corrected chi connectivity index (χ4v) is 2.50. The van der Waals surface area contributed by atoms with Crippen molar-refractivity contribution in [2.24, 2.45) is 0 Å². The van der Waals surface area contributed by atoms with Crippen LogP contribution in [0.4, 0.5) is 0 Å². The highest BCUT2D eigenvalue weighted by Gasteiger charge is 2.13. The minimum absolute atomic E-state index is 0.0358. The molecule has 3 rings (SSSR count). The molecular weight excluding hydrogens is 310 g/mol. The number of aromatic amines is 1. The van der Waals surface area contributed by atoms with Crippen LogP contribution in [0.5, 0.6) is 0 Å². The molecule has 0 unspecified atom stereocenters. The molecule has 0 bridgehead atoms. The first-order chi connectivity index (χ1) is 11.6. The minimum atomic E-state index is -0.868. The van der Waals surface area contributed by atoms with E-state index in [1.807, 2.05) is 18.2 Å². The molecule has 0 amide bonds. The molecule has 0 aliphatic carbocycles. The Morgan fingerprint density at radius 1 is 1.33 bits per heavy atom. The van der Waals surface area contributed by atoms with E-state index in [4.69, 9.17) is 9.63 Å². The number of carbonyl (C=O) groups is 1. The zero-order valence-electron chi connectivity index (χ0n) is 13.2. The van der Waals surface area contributed by atoms with Crippen molar-refractivity contribution in [2.75, 3.05) is 0 Å². The quantitative estimate of drug-likeness (QED) is 0.720. The van der Waals surface area contributed by atoms with Crippen LogP contribution in [0.3, 0.4) is 0 Å². The summed E-state index contributed by atoms with van der Waals surface area (Å²) in [4.78, 5) is 29.8. The van der Waals surface area contributed by atoms with E-state index >= 15 is 0 Å². The van der Waals surface area contributed by atoms with E-state index in [-0.39, 0.29) is 17.8 Å². The lowest BCUT2D eigenvalue weighted by Gasteiger charge is -2.02. The van der Waals surface area contributed by atoms with Crippen LogP contribution >= 0.6 is 0 Å². The number of hydrogen-bond acceptors (Lipinski definition) is 5. The Kier molecular flexibility index (Phi) is 4.41. The summed E-state index contributed by atoms with van der Waals surface area (Å²) >= 11 is 0. The van der Waals surface area contributed by atoms with Crippen molar-refractivity contribution < 1.29 is 14.4 Å². The monoisotopic (exact) mass is 327 g/mol. The van der Waals surface area contributed by atoms with Gasteiger partial charge in [-0.1, -0.05) is 18.1 Å². The zero-order chi connectivity index (χ0) is 17.1. The predicted molar refractivity (Wildman–Crippen MR) is 87.8 cm³/mol. The van der Waals surface area contributed by atoms with Gasteiger partial charge in [-0.05, 0) is 42.0 Å². The molecule has 2 N–H and O–H groups in total. The number of fused-ring (bicyclic) bond motifs is 1. The van der Waals surface area contributed by atoms with Gasteiger partial charge in [-0.15, -0.1) is 0 Å². The molecule has 1 aromatic carbocycles. The zero-order valence-corrected chi connectivity index (χ0v) is 13.2. The van der Waals surface area contributed by atoms with Gasteiger partial charge in [0.2, 0.25) is 11.7 Å². The van der Waals surface area contributed by atoms with Crippen molar-refractivity contribution >= 4 is 16.9 Å². The number of carboxylic acid groups (broad SMARTS) is 1. The first-order valence-corrected chi connectivity index (χ1v) is 7.77. The maximum atomic E-state index is 12.2. The molecule has 0 radical (unpaired) electrons. The molecule has 0 aliphatic rings. The van der Waals surface area contributed by atoms with E-state index in [9.17, 15) is 9.59 Å². The molecular formula is C17H17N3O4. The number of nitrogens with one attached hydrogen (secondary N) is 1. The predicted octanol–water partition coefficient (Wildman–Crippen LogP) is 2.55. The highest BCUT2D eigenvalue weighted by Crippen LogP contribution is 2.19. The van der Waals surface area contributed by atoms with Gasteiger partial charge < -0.3 is 14.6 Å². The minimum Gasteiger partial charge on any atom is -0.481 e. The topological polar surface area (TPSA) is 109 Å². The Balaban J connectivity index is 1.91. The fraction of sp³-hybridized carbons (Fsp3) is 0.294. The number of benzene rings is 1. The van der Waals surface area contributed by atoms with Crippen LogP contribution in [-0.2, 0) is 17.6 Å². The number of pyridine rings is 1. The van der Waals surface area contributed by atoms with E-state index in [2.05, 4.69) is 22.0 Å². The van der Waals surface area contributed by atoms with Crippen molar-refractivity contribution in [1.82, 2.24) is 15.1 Å². The van der Waals surface area contributed by atoms with Gasteiger partial charge >= 0.3 is 5.97 Å². The number of hydrogen-bond donors (Lipinski definition) is 2. The summed E-state index contributed by atoms with van der Waals surface area (Å²) in [6.45, 7) is 2.07. The number of carboxylic acids is 1. The second-order valence-corrected chi connectivity index (χ2v) is 5.55. The van der Waals surface area contributed by atoms with Crippen LogP contribution < -0.4 is 5.56 Å². The lowest BCUT2D eigenvalue weighted by Crippen LogP contribution is -2.09. The summed E-state index contributed by atoms with van der Waals surface area (Å²) in [5, 5.41) is 13.4. The Hall–Kier alpha value is -2.96. The molecule has 7 nitrogen and oxygen atoms in total. The van der Waals surface area contributed by atoms with Crippen LogP contribution in [0.1, 0.15) is 31.2 Å². The van der Waals surface area contributed by atoms with Crippen LogP contribution in [-0.4, -0.2) is 26.2 Å². The Bertz CT molecular complexity index is 942. The average molecular weight is 327 g/mol. The van der Waals surface area contributed by atoms with E-state index in [1.54, 1.807) is 6.07 Å². The number of H-pyrrole nitrogens is 1. The molecule has 0 spiro atoms. The summed E-state index contributed by atoms with van der Waals surface area (Å²) < 4.78 is 5.11. The Morgan fingerprint density at radius 3 is 2.92 bits per heavy atom. The summed E-state index contributed by atoms with van der Waals surface area (Å²) in [6.07, 6.45) is 1.71. The molecule has 0 saturated carbocycles. The standard InChI is InChI=1S/C17H17N3O4/c1-2-10-6-7-13-11(8-10)9-12(17(23)18-13)16-19-14(24-20-16)4-3-5-15(21)22/h6-9H,2-5H2,1H3,(H,18,23)(H,21,22). The summed E-state index contributed by atoms with van der Waals surface area (Å²) in [5.74, 6) is -0.328. The van der Waals surface area contributed by atoms with Crippen LogP contribution in [0.15, 0.2) is 33.6 Å². The lowest BCUT2D eigenvalue weighted by atomic mass is 10.1. The maximum absolute atomic E-state index is 12.2. The number of aromatic nitrogens is 3. The van der Waals surface area contributed by atoms with E-state index in [0.717, 1.165) is 17.3 Å². The number of aryl methyl sites for hydroxylation is 2. The van der Waals surface area contributed by atoms with Crippen molar-refractivity contribution in [3.8, 4) is 11.4 Å². The fourth-order valence-electron chi connectivity index (χ4n) is 2.50. The van der Waals surface area contributed by atoms with Crippen molar-refractivity contribution in [3.63, 3.8) is 0 Å². The van der Waals surface area contributed by atoms with Crippen LogP contribution in [0.2, 0.25) is 0 Å². The molecule has 24 heavy (non-hydrogen) atoms. The van der Waals surface area contributed by atoms with Crippen LogP contribution in [0, 0.1) is 0 Å². The lowest BCUT2D eigenvalue weighted by molar-refractivity contribution is -0.137. The molecule has 3 aromatic rings. The van der Waals surface area contributed by atoms with E-state index in [0.29, 0.717) is 24.3 Å². The highest BCUT2D eigenvalue weighted by molar-refractivity contribution is 5.83. The highest BCUT2D eigenvalue weighted by atomic mass is 16.5. The van der Waals surface area contributed by atoms with Gasteiger partial charge in [-0.3, -0.25) is 9.59 Å². The van der Waals surface area contributed by atoms with Crippen molar-refractivity contribution in [1.29, 1.82) is 0 Å². The smallest absolute Gasteiger partial charge is 0.303 e. The summed E-state index contributed by atoms with van der Waals surface area (Å²) in [6, 6.07) is 7.63. The van der Waals surface area contributed by atoms with Gasteiger partial charge in [0, 0.05) is 18.4 Å². The molecule has 0 saturated heterocycles. The van der Waals surface area contributed by atoms with Gasteiger partial charge in [-0.2, -0.15) is 4.98 Å². The van der Waals surface area contributed by atoms with E-state index in [1.165, 1.54) is 5.56 Å². The maximum Gasteiger partial charge on any atom is 0.303 e. The summed E-state index contributed by atoms with van der Waals surface area (Å²) in [5.41, 5.74) is 1.97. The van der Waals surface area contributed by atoms with Gasteiger partial charge in [0.25, 0.3) is 5.56 Å². The third-order valence-corrected chi connectivity index (χ3v) is 3.81. The SMILES string of the molecule is CCc1ccc2[nH]c(=O)c(-c3noc(CCCC(=O)O)n3)cc2c1. The van der Waals surface area contributed by atoms with Gasteiger partial charge in [0.15, 0.2) is 0 Å². The number of nitrogens with zero attached hydrogens (tertiary/aromatic N) is 2. The third-order valence-electron chi connectivity index (χ3n) is 3.81. The first kappa shape index (κ1) is 15.9. The molecule has 124 valence electrons. The number of rotatable bonds is 6. The summed E-state index contributed by atoms with van der Waals surface area (Å²) in [7, 11) is 0. The molecule has 0 fully saturated rings. The molecule has 2 aromatic heterocycles. The Labute approximate surface area is 137 Å².